The molecule has 0 atom stereocenters. The molecule has 0 spiro atoms. The van der Waals surface area contributed by atoms with E-state index in [0.717, 1.165) is 0 Å². The minimum atomic E-state index is -0.740. The molecule has 0 unspecified atom stereocenters. The Morgan fingerprint density at radius 3 is 2.58 bits per heavy atom. The van der Waals surface area contributed by atoms with Crippen LogP contribution in [0.5, 0.6) is 5.75 Å². The third kappa shape index (κ3) is 5.30. The van der Waals surface area contributed by atoms with E-state index in [1.165, 1.54) is 31.4 Å². The number of nitrogens with zero attached hydrogens (tertiary/aromatic N) is 2. The van der Waals surface area contributed by atoms with Crippen LogP contribution >= 0.6 is 43.5 Å². The summed E-state index contributed by atoms with van der Waals surface area (Å²) < 4.78 is 16.1. The van der Waals surface area contributed by atoms with E-state index in [1.807, 2.05) is 0 Å². The topological polar surface area (TPSA) is 117 Å². The molecule has 0 saturated carbocycles. The van der Waals surface area contributed by atoms with Gasteiger partial charge in [0.05, 0.1) is 31.6 Å². The standard InChI is InChI=1S/C19H11Br2ClN2O7/c1-29-16(25)8-30-17-12(20)4-9(5-13(17)21)6-15-19(26)31-18(23-15)11-7-10(24(27)28)2-3-14(11)22/h2-7H,8H2,1H3/b15-6-. The van der Waals surface area contributed by atoms with Gasteiger partial charge in [0.2, 0.25) is 5.90 Å². The number of nitro benzene ring substituents is 1. The van der Waals surface area contributed by atoms with Gasteiger partial charge in [-0.2, -0.15) is 0 Å². The fourth-order valence-corrected chi connectivity index (χ4v) is 4.11. The van der Waals surface area contributed by atoms with E-state index < -0.39 is 16.9 Å². The lowest BCUT2D eigenvalue weighted by molar-refractivity contribution is -0.384. The molecule has 0 amide bonds. The van der Waals surface area contributed by atoms with Crippen molar-refractivity contribution < 1.29 is 28.7 Å². The van der Waals surface area contributed by atoms with Gasteiger partial charge >= 0.3 is 11.9 Å². The number of halogens is 3. The van der Waals surface area contributed by atoms with Gasteiger partial charge in [-0.3, -0.25) is 10.1 Å². The van der Waals surface area contributed by atoms with Gasteiger partial charge in [0.25, 0.3) is 5.69 Å². The summed E-state index contributed by atoms with van der Waals surface area (Å²) in [7, 11) is 1.25. The van der Waals surface area contributed by atoms with Crippen LogP contribution in [0.2, 0.25) is 5.02 Å². The molecule has 0 aliphatic carbocycles. The minimum absolute atomic E-state index is 0.0281. The molecular weight excluding hydrogens is 563 g/mol. The first-order chi connectivity index (χ1) is 14.7. The number of esters is 2. The Morgan fingerprint density at radius 2 is 1.97 bits per heavy atom. The van der Waals surface area contributed by atoms with Crippen LogP contribution < -0.4 is 4.74 Å². The van der Waals surface area contributed by atoms with Gasteiger partial charge in [0, 0.05) is 12.1 Å². The SMILES string of the molecule is COC(=O)COc1c(Br)cc(/C=C2\N=C(c3cc([N+](=O)[O-])ccc3Cl)OC2=O)cc1Br. The summed E-state index contributed by atoms with van der Waals surface area (Å²) >= 11 is 12.8. The number of benzene rings is 2. The van der Waals surface area contributed by atoms with Crippen LogP contribution in [0.1, 0.15) is 11.1 Å². The van der Waals surface area contributed by atoms with E-state index >= 15 is 0 Å². The number of carbonyl (C=O) groups excluding carboxylic acids is 2. The van der Waals surface area contributed by atoms with Gasteiger partial charge < -0.3 is 14.2 Å². The number of hydrogen-bond acceptors (Lipinski definition) is 8. The van der Waals surface area contributed by atoms with Crippen molar-refractivity contribution >= 4 is 73.1 Å². The molecule has 160 valence electrons. The normalized spacial score (nSPS) is 14.3. The average molecular weight is 575 g/mol. The highest BCUT2D eigenvalue weighted by Crippen LogP contribution is 2.36. The Labute approximate surface area is 197 Å². The molecule has 0 saturated heterocycles. The van der Waals surface area contributed by atoms with Gasteiger partial charge in [-0.1, -0.05) is 11.6 Å². The van der Waals surface area contributed by atoms with Crippen LogP contribution in [0, 0.1) is 10.1 Å². The van der Waals surface area contributed by atoms with Crippen molar-refractivity contribution in [1.82, 2.24) is 0 Å². The summed E-state index contributed by atoms with van der Waals surface area (Å²) in [5.41, 5.74) is 0.443. The van der Waals surface area contributed by atoms with Crippen molar-refractivity contribution in [3.05, 3.63) is 71.2 Å². The number of aliphatic imine (C=N–C) groups is 1. The van der Waals surface area contributed by atoms with Crippen LogP contribution in [0.15, 0.2) is 50.0 Å². The first-order valence-electron chi connectivity index (χ1n) is 8.35. The van der Waals surface area contributed by atoms with Crippen LogP contribution in [0.4, 0.5) is 5.69 Å². The Balaban J connectivity index is 1.91. The van der Waals surface area contributed by atoms with Crippen molar-refractivity contribution in [2.24, 2.45) is 4.99 Å². The monoisotopic (exact) mass is 572 g/mol. The molecule has 31 heavy (non-hydrogen) atoms. The molecule has 0 aromatic heterocycles. The molecule has 0 radical (unpaired) electrons. The Hall–Kier alpha value is -2.76. The number of nitro groups is 1. The first-order valence-corrected chi connectivity index (χ1v) is 10.3. The highest BCUT2D eigenvalue weighted by molar-refractivity contribution is 9.11. The van der Waals surface area contributed by atoms with Gasteiger partial charge in [-0.05, 0) is 61.7 Å². The smallest absolute Gasteiger partial charge is 0.363 e. The van der Waals surface area contributed by atoms with E-state index in [9.17, 15) is 19.7 Å². The second-order valence-electron chi connectivity index (χ2n) is 5.94. The largest absolute Gasteiger partial charge is 0.480 e. The Kier molecular flexibility index (Phi) is 7.08. The number of rotatable bonds is 6. The van der Waals surface area contributed by atoms with Gasteiger partial charge in [-0.25, -0.2) is 14.6 Å². The summed E-state index contributed by atoms with van der Waals surface area (Å²) in [6.07, 6.45) is 1.46. The summed E-state index contributed by atoms with van der Waals surface area (Å²) in [4.78, 5) is 38.1. The van der Waals surface area contributed by atoms with Crippen LogP contribution in [-0.4, -0.2) is 36.5 Å². The maximum absolute atomic E-state index is 12.3. The number of carbonyl (C=O) groups is 2. The Bertz CT molecular complexity index is 1140. The Morgan fingerprint density at radius 1 is 1.29 bits per heavy atom. The summed E-state index contributed by atoms with van der Waals surface area (Å²) in [6.45, 7) is -0.280. The predicted octanol–water partition coefficient (Wildman–Crippen LogP) is 4.67. The van der Waals surface area contributed by atoms with Crippen LogP contribution in [0.3, 0.4) is 0 Å². The molecule has 1 aliphatic rings. The van der Waals surface area contributed by atoms with Crippen LogP contribution in [0.25, 0.3) is 6.08 Å². The van der Waals surface area contributed by atoms with Crippen molar-refractivity contribution in [2.75, 3.05) is 13.7 Å². The molecule has 0 bridgehead atoms. The highest BCUT2D eigenvalue weighted by atomic mass is 79.9. The molecule has 2 aromatic rings. The number of hydrogen-bond donors (Lipinski definition) is 0. The summed E-state index contributed by atoms with van der Waals surface area (Å²) in [6, 6.07) is 7.03. The molecule has 12 heteroatoms. The summed E-state index contributed by atoms with van der Waals surface area (Å²) in [5.74, 6) is -1.05. The third-order valence-corrected chi connectivity index (χ3v) is 5.41. The molecular formula is C19H11Br2ClN2O7. The third-order valence-electron chi connectivity index (χ3n) is 3.90. The predicted molar refractivity (Wildman–Crippen MR) is 118 cm³/mol. The summed E-state index contributed by atoms with van der Waals surface area (Å²) in [5, 5.41) is 11.1. The van der Waals surface area contributed by atoms with Gasteiger partial charge in [0.15, 0.2) is 12.3 Å². The quantitative estimate of drug-likeness (QED) is 0.213. The molecule has 1 aliphatic heterocycles. The lowest BCUT2D eigenvalue weighted by Gasteiger charge is -2.10. The second kappa shape index (κ2) is 9.58. The number of cyclic esters (lactones) is 1. The maximum atomic E-state index is 12.3. The fraction of sp³-hybridized carbons (Fsp3) is 0.105. The van der Waals surface area contributed by atoms with Crippen LogP contribution in [-0.2, 0) is 19.1 Å². The first kappa shape index (κ1) is 22.9. The highest BCUT2D eigenvalue weighted by Gasteiger charge is 2.27. The molecule has 0 fully saturated rings. The van der Waals surface area contributed by atoms with Crippen molar-refractivity contribution in [3.63, 3.8) is 0 Å². The molecule has 2 aromatic carbocycles. The van der Waals surface area contributed by atoms with Gasteiger partial charge in [0.1, 0.15) is 5.75 Å². The minimum Gasteiger partial charge on any atom is -0.480 e. The zero-order chi connectivity index (χ0) is 22.7. The van der Waals surface area contributed by atoms with Crippen molar-refractivity contribution in [2.45, 2.75) is 0 Å². The van der Waals surface area contributed by atoms with E-state index in [1.54, 1.807) is 12.1 Å². The zero-order valence-corrected chi connectivity index (χ0v) is 19.5. The maximum Gasteiger partial charge on any atom is 0.363 e. The lowest BCUT2D eigenvalue weighted by atomic mass is 10.2. The van der Waals surface area contributed by atoms with Crippen molar-refractivity contribution in [3.8, 4) is 5.75 Å². The molecule has 3 rings (SSSR count). The van der Waals surface area contributed by atoms with E-state index in [2.05, 4.69) is 41.6 Å². The van der Waals surface area contributed by atoms with Gasteiger partial charge in [-0.15, -0.1) is 0 Å². The molecule has 1 heterocycles. The number of methoxy groups -OCH3 is 1. The van der Waals surface area contributed by atoms with E-state index in [4.69, 9.17) is 21.1 Å². The van der Waals surface area contributed by atoms with Crippen molar-refractivity contribution in [1.29, 1.82) is 0 Å². The fourth-order valence-electron chi connectivity index (χ4n) is 2.46. The molecule has 9 nitrogen and oxygen atoms in total. The number of ether oxygens (including phenoxy) is 3. The van der Waals surface area contributed by atoms with E-state index in [0.29, 0.717) is 20.3 Å². The lowest BCUT2D eigenvalue weighted by Crippen LogP contribution is -2.13. The zero-order valence-electron chi connectivity index (χ0n) is 15.6. The second-order valence-corrected chi connectivity index (χ2v) is 8.05. The molecule has 0 N–H and O–H groups in total. The average Bonchev–Trinajstić information content (AvgIpc) is 3.07. The van der Waals surface area contributed by atoms with E-state index in [-0.39, 0.29) is 34.5 Å². The number of non-ortho nitro benzene ring substituents is 1.